The summed E-state index contributed by atoms with van der Waals surface area (Å²) in [5, 5.41) is 2.99. The second kappa shape index (κ2) is 9.66. The van der Waals surface area contributed by atoms with E-state index in [9.17, 15) is 13.2 Å². The maximum absolute atomic E-state index is 13.0. The van der Waals surface area contributed by atoms with Gasteiger partial charge in [0, 0.05) is 6.07 Å². The second-order valence-corrected chi connectivity index (χ2v) is 9.20. The highest BCUT2D eigenvalue weighted by Gasteiger charge is 2.24. The van der Waals surface area contributed by atoms with Crippen molar-refractivity contribution >= 4 is 21.6 Å². The second-order valence-electron chi connectivity index (χ2n) is 7.29. The molecule has 1 amide bonds. The molecule has 1 N–H and O–H groups in total. The van der Waals surface area contributed by atoms with E-state index in [1.165, 1.54) is 7.11 Å². The van der Waals surface area contributed by atoms with Crippen LogP contribution in [0.5, 0.6) is 5.75 Å². The van der Waals surface area contributed by atoms with Crippen molar-refractivity contribution < 1.29 is 17.9 Å². The van der Waals surface area contributed by atoms with Gasteiger partial charge in [0.15, 0.2) is 0 Å². The number of hydrogen-bond acceptors (Lipinski definition) is 4. The molecule has 0 aliphatic carbocycles. The third-order valence-electron chi connectivity index (χ3n) is 4.88. The van der Waals surface area contributed by atoms with E-state index in [0.717, 1.165) is 27.3 Å². The summed E-state index contributed by atoms with van der Waals surface area (Å²) in [5.41, 5.74) is 3.30. The van der Waals surface area contributed by atoms with Crippen molar-refractivity contribution in [2.24, 2.45) is 0 Å². The average molecular weight is 439 g/mol. The Morgan fingerprint density at radius 1 is 0.968 bits per heavy atom. The van der Waals surface area contributed by atoms with E-state index in [1.54, 1.807) is 24.3 Å². The van der Waals surface area contributed by atoms with Gasteiger partial charge in [-0.3, -0.25) is 9.10 Å². The maximum atomic E-state index is 13.0. The van der Waals surface area contributed by atoms with E-state index in [-0.39, 0.29) is 6.54 Å². The van der Waals surface area contributed by atoms with Gasteiger partial charge in [0.25, 0.3) is 0 Å². The van der Waals surface area contributed by atoms with Crippen molar-refractivity contribution in [1.82, 2.24) is 5.32 Å². The molecule has 0 aliphatic rings. The maximum Gasteiger partial charge on any atom is 0.241 e. The number of sulfonamides is 1. The molecule has 0 saturated heterocycles. The van der Waals surface area contributed by atoms with Crippen LogP contribution in [0.1, 0.15) is 22.7 Å². The van der Waals surface area contributed by atoms with E-state index < -0.39 is 22.0 Å². The molecule has 0 aliphatic heterocycles. The molecule has 0 fully saturated rings. The Morgan fingerprint density at radius 3 is 2.23 bits per heavy atom. The Bertz CT molecular complexity index is 1130. The third-order valence-corrected chi connectivity index (χ3v) is 6.02. The third kappa shape index (κ3) is 5.86. The highest BCUT2D eigenvalue weighted by molar-refractivity contribution is 7.92. The highest BCUT2D eigenvalue weighted by atomic mass is 32.2. The van der Waals surface area contributed by atoms with Crippen molar-refractivity contribution in [3.63, 3.8) is 0 Å². The lowest BCUT2D eigenvalue weighted by molar-refractivity contribution is -0.120. The molecule has 0 saturated carbocycles. The Labute approximate surface area is 183 Å². The Kier molecular flexibility index (Phi) is 6.97. The standard InChI is InChI=1S/C24H26N2O4S/c1-18-12-14-20(15-13-18)24(19-8-5-4-6-9-19)25-23(27)17-26(31(3,28)29)21-10-7-11-22(16-21)30-2/h4-16,24H,17H2,1-3H3,(H,25,27)/t24-/m0/s1. The molecular formula is C24H26N2O4S. The van der Waals surface area contributed by atoms with Crippen LogP contribution in [0.2, 0.25) is 0 Å². The summed E-state index contributed by atoms with van der Waals surface area (Å²) in [6.07, 6.45) is 1.08. The van der Waals surface area contributed by atoms with E-state index in [4.69, 9.17) is 4.74 Å². The monoisotopic (exact) mass is 438 g/mol. The van der Waals surface area contributed by atoms with Gasteiger partial charge in [0.1, 0.15) is 12.3 Å². The topological polar surface area (TPSA) is 75.7 Å². The number of ether oxygens (including phenoxy) is 1. The van der Waals surface area contributed by atoms with E-state index in [1.807, 2.05) is 61.5 Å². The summed E-state index contributed by atoms with van der Waals surface area (Å²) < 4.78 is 31.1. The molecule has 7 heteroatoms. The summed E-state index contributed by atoms with van der Waals surface area (Å²) >= 11 is 0. The molecule has 0 bridgehead atoms. The minimum atomic E-state index is -3.69. The minimum absolute atomic E-state index is 0.346. The smallest absolute Gasteiger partial charge is 0.241 e. The summed E-state index contributed by atoms with van der Waals surface area (Å²) in [5.74, 6) is 0.0936. The number of hydrogen-bond donors (Lipinski definition) is 1. The molecule has 3 aromatic rings. The molecule has 162 valence electrons. The summed E-state index contributed by atoms with van der Waals surface area (Å²) in [6.45, 7) is 1.65. The molecule has 1 atom stereocenters. The van der Waals surface area contributed by atoms with Crippen LogP contribution in [0.3, 0.4) is 0 Å². The first-order valence-corrected chi connectivity index (χ1v) is 11.7. The van der Waals surface area contributed by atoms with Crippen LogP contribution < -0.4 is 14.4 Å². The molecular weight excluding hydrogens is 412 g/mol. The first kappa shape index (κ1) is 22.4. The summed E-state index contributed by atoms with van der Waals surface area (Å²) in [6, 6.07) is 23.7. The lowest BCUT2D eigenvalue weighted by atomic mass is 9.98. The normalized spacial score (nSPS) is 12.1. The Hall–Kier alpha value is -3.32. The number of rotatable bonds is 8. The minimum Gasteiger partial charge on any atom is -0.497 e. The molecule has 3 rings (SSSR count). The Morgan fingerprint density at radius 2 is 1.61 bits per heavy atom. The van der Waals surface area contributed by atoms with Gasteiger partial charge in [-0.25, -0.2) is 8.42 Å². The van der Waals surface area contributed by atoms with Crippen LogP contribution in [-0.4, -0.2) is 34.2 Å². The SMILES string of the molecule is COc1cccc(N(CC(=O)N[C@@H](c2ccccc2)c2ccc(C)cc2)S(C)(=O)=O)c1. The van der Waals surface area contributed by atoms with Gasteiger partial charge in [-0.15, -0.1) is 0 Å². The lowest BCUT2D eigenvalue weighted by Crippen LogP contribution is -2.41. The molecule has 0 aromatic heterocycles. The predicted molar refractivity (Wildman–Crippen MR) is 123 cm³/mol. The molecule has 0 spiro atoms. The molecule has 0 unspecified atom stereocenters. The first-order valence-electron chi connectivity index (χ1n) is 9.80. The number of benzene rings is 3. The fraction of sp³-hybridized carbons (Fsp3) is 0.208. The van der Waals surface area contributed by atoms with E-state index in [2.05, 4.69) is 5.32 Å². The van der Waals surface area contributed by atoms with Crippen LogP contribution in [-0.2, 0) is 14.8 Å². The van der Waals surface area contributed by atoms with Crippen LogP contribution in [0.15, 0.2) is 78.9 Å². The molecule has 0 heterocycles. The molecule has 3 aromatic carbocycles. The fourth-order valence-corrected chi connectivity index (χ4v) is 4.11. The van der Waals surface area contributed by atoms with Gasteiger partial charge in [0.2, 0.25) is 15.9 Å². The van der Waals surface area contributed by atoms with Crippen molar-refractivity contribution in [3.8, 4) is 5.75 Å². The van der Waals surface area contributed by atoms with Crippen LogP contribution in [0.4, 0.5) is 5.69 Å². The van der Waals surface area contributed by atoms with Gasteiger partial charge in [-0.2, -0.15) is 0 Å². The molecule has 0 radical (unpaired) electrons. The van der Waals surface area contributed by atoms with Crippen LogP contribution in [0.25, 0.3) is 0 Å². The fourth-order valence-electron chi connectivity index (χ4n) is 3.27. The average Bonchev–Trinajstić information content (AvgIpc) is 2.76. The van der Waals surface area contributed by atoms with Crippen molar-refractivity contribution in [2.75, 3.05) is 24.2 Å². The Balaban J connectivity index is 1.88. The van der Waals surface area contributed by atoms with E-state index in [0.29, 0.717) is 11.4 Å². The summed E-state index contributed by atoms with van der Waals surface area (Å²) in [7, 11) is -2.19. The number of aryl methyl sites for hydroxylation is 1. The van der Waals surface area contributed by atoms with Gasteiger partial charge in [-0.1, -0.05) is 66.2 Å². The number of methoxy groups -OCH3 is 1. The number of amides is 1. The van der Waals surface area contributed by atoms with Crippen molar-refractivity contribution in [3.05, 3.63) is 95.6 Å². The quantitative estimate of drug-likeness (QED) is 0.582. The molecule has 31 heavy (non-hydrogen) atoms. The van der Waals surface area contributed by atoms with Gasteiger partial charge >= 0.3 is 0 Å². The largest absolute Gasteiger partial charge is 0.497 e. The first-order chi connectivity index (χ1) is 14.8. The lowest BCUT2D eigenvalue weighted by Gasteiger charge is -2.25. The van der Waals surface area contributed by atoms with Crippen molar-refractivity contribution in [2.45, 2.75) is 13.0 Å². The zero-order chi connectivity index (χ0) is 22.4. The zero-order valence-corrected chi connectivity index (χ0v) is 18.6. The van der Waals surface area contributed by atoms with Gasteiger partial charge in [-0.05, 0) is 30.2 Å². The van der Waals surface area contributed by atoms with Crippen LogP contribution >= 0.6 is 0 Å². The molecule has 6 nitrogen and oxygen atoms in total. The van der Waals surface area contributed by atoms with Crippen molar-refractivity contribution in [1.29, 1.82) is 0 Å². The number of nitrogens with one attached hydrogen (secondary N) is 1. The number of carbonyl (C=O) groups is 1. The summed E-state index contributed by atoms with van der Waals surface area (Å²) in [4.78, 5) is 13.0. The zero-order valence-electron chi connectivity index (χ0n) is 17.8. The van der Waals surface area contributed by atoms with Gasteiger partial charge in [0.05, 0.1) is 25.1 Å². The predicted octanol–water partition coefficient (Wildman–Crippen LogP) is 3.68. The van der Waals surface area contributed by atoms with Gasteiger partial charge < -0.3 is 10.1 Å². The number of carbonyl (C=O) groups excluding carboxylic acids is 1. The number of nitrogens with zero attached hydrogens (tertiary/aromatic N) is 1. The number of anilines is 1. The van der Waals surface area contributed by atoms with Crippen LogP contribution in [0, 0.1) is 6.92 Å². The highest BCUT2D eigenvalue weighted by Crippen LogP contribution is 2.25. The van der Waals surface area contributed by atoms with E-state index >= 15 is 0 Å².